The minimum atomic E-state index is -0.265. The second kappa shape index (κ2) is 6.61. The van der Waals surface area contributed by atoms with Gasteiger partial charge in [0.15, 0.2) is 0 Å². The molecule has 2 rings (SSSR count). The molecule has 0 bridgehead atoms. The van der Waals surface area contributed by atoms with Crippen LogP contribution in [0, 0.1) is 0 Å². The predicted octanol–water partition coefficient (Wildman–Crippen LogP) is 2.42. The largest absolute Gasteiger partial charge is 0.329 e. The summed E-state index contributed by atoms with van der Waals surface area (Å²) in [6.07, 6.45) is 1.04. The maximum Gasteiger partial charge on any atom is 0.324 e. The number of thioether (sulfide) groups is 1. The highest BCUT2D eigenvalue weighted by molar-refractivity contribution is 7.99. The molecule has 1 aliphatic heterocycles. The van der Waals surface area contributed by atoms with Crippen molar-refractivity contribution >= 4 is 23.7 Å². The molecular formula is C14H18N2O2S. The maximum atomic E-state index is 11.4. The third-order valence-corrected chi connectivity index (χ3v) is 4.54. The van der Waals surface area contributed by atoms with E-state index in [1.54, 1.807) is 11.8 Å². The number of hydrogen-bond donors (Lipinski definition) is 1. The maximum absolute atomic E-state index is 11.4. The Hall–Kier alpha value is -1.49. The van der Waals surface area contributed by atoms with Gasteiger partial charge in [-0.1, -0.05) is 37.3 Å². The van der Waals surface area contributed by atoms with Crippen molar-refractivity contribution in [3.8, 4) is 0 Å². The van der Waals surface area contributed by atoms with Crippen LogP contribution in [0.4, 0.5) is 4.79 Å². The molecule has 1 aromatic rings. The molecule has 1 fully saturated rings. The van der Waals surface area contributed by atoms with Crippen molar-refractivity contribution in [1.29, 1.82) is 0 Å². The van der Waals surface area contributed by atoms with E-state index in [0.717, 1.165) is 12.2 Å². The molecule has 1 heterocycles. The number of hydrogen-bond acceptors (Lipinski definition) is 3. The van der Waals surface area contributed by atoms with Crippen LogP contribution in [-0.2, 0) is 4.79 Å². The average Bonchev–Trinajstić information content (AvgIpc) is 2.76. The summed E-state index contributed by atoms with van der Waals surface area (Å²) in [7, 11) is 0. The van der Waals surface area contributed by atoms with Crippen LogP contribution in [0.3, 0.4) is 0 Å². The number of urea groups is 1. The summed E-state index contributed by atoms with van der Waals surface area (Å²) in [4.78, 5) is 24.1. The number of rotatable bonds is 6. The van der Waals surface area contributed by atoms with Crippen LogP contribution in [0.25, 0.3) is 0 Å². The van der Waals surface area contributed by atoms with Crippen molar-refractivity contribution in [3.63, 3.8) is 0 Å². The lowest BCUT2D eigenvalue weighted by Crippen LogP contribution is -2.33. The molecule has 0 unspecified atom stereocenters. The van der Waals surface area contributed by atoms with Crippen molar-refractivity contribution in [2.45, 2.75) is 18.6 Å². The molecule has 4 nitrogen and oxygen atoms in total. The first-order valence-electron chi connectivity index (χ1n) is 6.47. The second-order valence-electron chi connectivity index (χ2n) is 4.38. The summed E-state index contributed by atoms with van der Waals surface area (Å²) in [6.45, 7) is 2.77. The fourth-order valence-corrected chi connectivity index (χ4v) is 3.24. The summed E-state index contributed by atoms with van der Waals surface area (Å²) < 4.78 is 0. The van der Waals surface area contributed by atoms with Gasteiger partial charge in [0.05, 0.1) is 6.54 Å². The van der Waals surface area contributed by atoms with Gasteiger partial charge < -0.3 is 5.32 Å². The van der Waals surface area contributed by atoms with Crippen LogP contribution in [-0.4, -0.2) is 35.7 Å². The van der Waals surface area contributed by atoms with E-state index in [0.29, 0.717) is 11.8 Å². The summed E-state index contributed by atoms with van der Waals surface area (Å²) in [5.74, 6) is 0.644. The van der Waals surface area contributed by atoms with E-state index in [9.17, 15) is 9.59 Å². The van der Waals surface area contributed by atoms with E-state index >= 15 is 0 Å². The molecule has 1 N–H and O–H groups in total. The molecule has 102 valence electrons. The normalized spacial score (nSPS) is 16.6. The Morgan fingerprint density at radius 2 is 2.05 bits per heavy atom. The molecule has 5 heteroatoms. The lowest BCUT2D eigenvalue weighted by atomic mass is 10.1. The molecule has 0 saturated carbocycles. The highest BCUT2D eigenvalue weighted by Crippen LogP contribution is 2.31. The zero-order valence-electron chi connectivity index (χ0n) is 11.0. The molecule has 0 radical (unpaired) electrons. The molecule has 0 aromatic heterocycles. The number of benzene rings is 1. The van der Waals surface area contributed by atoms with Gasteiger partial charge in [-0.05, 0) is 12.0 Å². The van der Waals surface area contributed by atoms with Gasteiger partial charge in [-0.3, -0.25) is 9.69 Å². The third-order valence-electron chi connectivity index (χ3n) is 3.11. The molecule has 1 saturated heterocycles. The first-order valence-corrected chi connectivity index (χ1v) is 7.52. The van der Waals surface area contributed by atoms with Gasteiger partial charge in [0.2, 0.25) is 5.91 Å². The summed E-state index contributed by atoms with van der Waals surface area (Å²) in [5.41, 5.74) is 1.30. The number of amides is 3. The lowest BCUT2D eigenvalue weighted by molar-refractivity contribution is -0.124. The molecule has 0 aliphatic carbocycles. The smallest absolute Gasteiger partial charge is 0.324 e. The Morgan fingerprint density at radius 3 is 2.63 bits per heavy atom. The van der Waals surface area contributed by atoms with Crippen LogP contribution in [0.5, 0.6) is 0 Å². The van der Waals surface area contributed by atoms with Crippen LogP contribution in [0.1, 0.15) is 24.2 Å². The van der Waals surface area contributed by atoms with Crippen molar-refractivity contribution in [2.24, 2.45) is 0 Å². The average molecular weight is 278 g/mol. The topological polar surface area (TPSA) is 49.4 Å². The van der Waals surface area contributed by atoms with E-state index < -0.39 is 0 Å². The zero-order valence-corrected chi connectivity index (χ0v) is 11.8. The summed E-state index contributed by atoms with van der Waals surface area (Å²) in [6, 6.07) is 10.1. The quantitative estimate of drug-likeness (QED) is 0.813. The molecule has 1 atom stereocenters. The summed E-state index contributed by atoms with van der Waals surface area (Å²) in [5, 5.41) is 2.95. The monoisotopic (exact) mass is 278 g/mol. The highest BCUT2D eigenvalue weighted by Gasteiger charge is 2.27. The van der Waals surface area contributed by atoms with Gasteiger partial charge in [-0.25, -0.2) is 4.79 Å². The Labute approximate surface area is 117 Å². The molecular weight excluding hydrogens is 260 g/mol. The van der Waals surface area contributed by atoms with E-state index in [1.807, 2.05) is 18.2 Å². The standard InChI is InChI=1S/C14H18N2O2S/c1-2-12(11-6-4-3-5-7-11)19-9-8-16-13(17)10-15-14(16)18/h3-7,12H,2,8-10H2,1H3,(H,15,18)/t12-/m0/s1. The Kier molecular flexibility index (Phi) is 4.85. The first kappa shape index (κ1) is 13.9. The number of carbonyl (C=O) groups is 2. The molecule has 1 aromatic carbocycles. The van der Waals surface area contributed by atoms with E-state index in [2.05, 4.69) is 24.4 Å². The van der Waals surface area contributed by atoms with Crippen molar-refractivity contribution in [2.75, 3.05) is 18.8 Å². The van der Waals surface area contributed by atoms with E-state index in [1.165, 1.54) is 10.5 Å². The van der Waals surface area contributed by atoms with Gasteiger partial charge in [-0.15, -0.1) is 0 Å². The number of nitrogens with one attached hydrogen (secondary N) is 1. The van der Waals surface area contributed by atoms with Gasteiger partial charge in [-0.2, -0.15) is 11.8 Å². The van der Waals surface area contributed by atoms with E-state index in [-0.39, 0.29) is 18.5 Å². The Balaban J connectivity index is 1.84. The SMILES string of the molecule is CC[C@H](SCCN1C(=O)CNC1=O)c1ccccc1. The Morgan fingerprint density at radius 1 is 1.32 bits per heavy atom. The van der Waals surface area contributed by atoms with Crippen molar-refractivity contribution in [1.82, 2.24) is 10.2 Å². The Bertz CT molecular complexity index is 434. The predicted molar refractivity (Wildman–Crippen MR) is 77.0 cm³/mol. The van der Waals surface area contributed by atoms with Crippen LogP contribution < -0.4 is 5.32 Å². The van der Waals surface area contributed by atoms with Gasteiger partial charge in [0.25, 0.3) is 0 Å². The molecule has 1 aliphatic rings. The molecule has 0 spiro atoms. The fraction of sp³-hybridized carbons (Fsp3) is 0.429. The lowest BCUT2D eigenvalue weighted by Gasteiger charge is -2.17. The van der Waals surface area contributed by atoms with Crippen molar-refractivity contribution < 1.29 is 9.59 Å². The van der Waals surface area contributed by atoms with Gasteiger partial charge >= 0.3 is 6.03 Å². The van der Waals surface area contributed by atoms with Gasteiger partial charge in [0, 0.05) is 17.5 Å². The van der Waals surface area contributed by atoms with Crippen LogP contribution in [0.15, 0.2) is 30.3 Å². The number of imide groups is 1. The third kappa shape index (κ3) is 3.50. The number of nitrogens with zero attached hydrogens (tertiary/aromatic N) is 1. The second-order valence-corrected chi connectivity index (χ2v) is 5.69. The molecule has 19 heavy (non-hydrogen) atoms. The number of carbonyl (C=O) groups excluding carboxylic acids is 2. The van der Waals surface area contributed by atoms with E-state index in [4.69, 9.17) is 0 Å². The first-order chi connectivity index (χ1) is 9.22. The minimum Gasteiger partial charge on any atom is -0.329 e. The van der Waals surface area contributed by atoms with Crippen molar-refractivity contribution in [3.05, 3.63) is 35.9 Å². The van der Waals surface area contributed by atoms with Gasteiger partial charge in [0.1, 0.15) is 0 Å². The van der Waals surface area contributed by atoms with Crippen LogP contribution in [0.2, 0.25) is 0 Å². The summed E-state index contributed by atoms with van der Waals surface area (Å²) >= 11 is 1.79. The fourth-order valence-electron chi connectivity index (χ4n) is 2.09. The van der Waals surface area contributed by atoms with Crippen LogP contribution >= 0.6 is 11.8 Å². The molecule has 3 amide bonds. The highest BCUT2D eigenvalue weighted by atomic mass is 32.2. The minimum absolute atomic E-state index is 0.127. The zero-order chi connectivity index (χ0) is 13.7.